The molecule has 2 nitrogen and oxygen atoms in total. The van der Waals surface area contributed by atoms with Crippen molar-refractivity contribution in [1.29, 1.82) is 0 Å². The average molecular weight is 239 g/mol. The zero-order valence-electron chi connectivity index (χ0n) is 8.37. The van der Waals surface area contributed by atoms with Gasteiger partial charge < -0.3 is 11.1 Å². The van der Waals surface area contributed by atoms with Crippen LogP contribution in [0.25, 0.3) is 0 Å². The molecule has 0 aromatic heterocycles. The SMILES string of the molecule is Cl.Cl.NC1C2CC2CC12CCNCC2. The summed E-state index contributed by atoms with van der Waals surface area (Å²) in [5.74, 6) is 1.95. The fourth-order valence-electron chi connectivity index (χ4n) is 3.52. The van der Waals surface area contributed by atoms with Crippen molar-refractivity contribution in [3.05, 3.63) is 0 Å². The third-order valence-corrected chi connectivity index (χ3v) is 4.41. The summed E-state index contributed by atoms with van der Waals surface area (Å²) in [7, 11) is 0. The van der Waals surface area contributed by atoms with Crippen LogP contribution in [0.5, 0.6) is 0 Å². The van der Waals surface area contributed by atoms with Crippen molar-refractivity contribution in [2.45, 2.75) is 31.7 Å². The van der Waals surface area contributed by atoms with Gasteiger partial charge in [0.25, 0.3) is 0 Å². The van der Waals surface area contributed by atoms with E-state index in [0.29, 0.717) is 11.5 Å². The molecule has 0 aromatic rings. The molecule has 14 heavy (non-hydrogen) atoms. The van der Waals surface area contributed by atoms with E-state index >= 15 is 0 Å². The molecule has 3 rings (SSSR count). The molecule has 2 saturated carbocycles. The van der Waals surface area contributed by atoms with Gasteiger partial charge in [-0.2, -0.15) is 0 Å². The molecule has 84 valence electrons. The zero-order chi connectivity index (χ0) is 8.18. The normalized spacial score (nSPS) is 42.2. The van der Waals surface area contributed by atoms with E-state index in [1.165, 1.54) is 38.8 Å². The minimum absolute atomic E-state index is 0. The highest BCUT2D eigenvalue weighted by Crippen LogP contribution is 2.61. The van der Waals surface area contributed by atoms with Crippen LogP contribution in [0.3, 0.4) is 0 Å². The van der Waals surface area contributed by atoms with E-state index in [9.17, 15) is 0 Å². The summed E-state index contributed by atoms with van der Waals surface area (Å²) < 4.78 is 0. The molecule has 3 N–H and O–H groups in total. The smallest absolute Gasteiger partial charge is 0.0128 e. The molecule has 2 aliphatic carbocycles. The molecular formula is C10H20Cl2N2. The zero-order valence-corrected chi connectivity index (χ0v) is 10.0. The van der Waals surface area contributed by atoms with Gasteiger partial charge in [0.1, 0.15) is 0 Å². The van der Waals surface area contributed by atoms with Crippen LogP contribution in [0, 0.1) is 17.3 Å². The lowest BCUT2D eigenvalue weighted by atomic mass is 9.72. The van der Waals surface area contributed by atoms with Crippen LogP contribution in [-0.4, -0.2) is 19.1 Å². The number of fused-ring (bicyclic) bond motifs is 1. The molecule has 0 bridgehead atoms. The van der Waals surface area contributed by atoms with Crippen molar-refractivity contribution in [1.82, 2.24) is 5.32 Å². The molecular weight excluding hydrogens is 219 g/mol. The predicted molar refractivity (Wildman–Crippen MR) is 63.2 cm³/mol. The summed E-state index contributed by atoms with van der Waals surface area (Å²) >= 11 is 0. The van der Waals surface area contributed by atoms with Gasteiger partial charge in [-0.1, -0.05) is 0 Å². The van der Waals surface area contributed by atoms with E-state index in [1.54, 1.807) is 0 Å². The lowest BCUT2D eigenvalue weighted by Crippen LogP contribution is -2.47. The maximum Gasteiger partial charge on any atom is 0.0128 e. The summed E-state index contributed by atoms with van der Waals surface area (Å²) in [6.07, 6.45) is 5.55. The fraction of sp³-hybridized carbons (Fsp3) is 1.00. The first-order valence-electron chi connectivity index (χ1n) is 5.28. The molecule has 0 radical (unpaired) electrons. The second-order valence-electron chi connectivity index (χ2n) is 5.00. The first-order valence-corrected chi connectivity index (χ1v) is 5.28. The average Bonchev–Trinajstić information content (AvgIpc) is 2.79. The van der Waals surface area contributed by atoms with E-state index < -0.39 is 0 Å². The van der Waals surface area contributed by atoms with Gasteiger partial charge in [0.2, 0.25) is 0 Å². The number of hydrogen-bond donors (Lipinski definition) is 2. The van der Waals surface area contributed by atoms with Crippen LogP contribution in [0.15, 0.2) is 0 Å². The largest absolute Gasteiger partial charge is 0.327 e. The van der Waals surface area contributed by atoms with E-state index in [2.05, 4.69) is 5.32 Å². The number of rotatable bonds is 0. The van der Waals surface area contributed by atoms with Gasteiger partial charge in [0, 0.05) is 6.04 Å². The molecule has 0 amide bonds. The molecule has 3 aliphatic rings. The number of nitrogens with two attached hydrogens (primary N) is 1. The molecule has 1 heterocycles. The van der Waals surface area contributed by atoms with E-state index in [4.69, 9.17) is 5.73 Å². The van der Waals surface area contributed by atoms with Crippen molar-refractivity contribution >= 4 is 24.8 Å². The van der Waals surface area contributed by atoms with Gasteiger partial charge in [-0.15, -0.1) is 24.8 Å². The third-order valence-electron chi connectivity index (χ3n) is 4.41. The van der Waals surface area contributed by atoms with Gasteiger partial charge in [0.05, 0.1) is 0 Å². The Morgan fingerprint density at radius 1 is 1.14 bits per heavy atom. The van der Waals surface area contributed by atoms with Crippen LogP contribution in [0.1, 0.15) is 25.7 Å². The fourth-order valence-corrected chi connectivity index (χ4v) is 3.52. The second-order valence-corrected chi connectivity index (χ2v) is 5.00. The molecule has 1 spiro atoms. The molecule has 0 aromatic carbocycles. The highest BCUT2D eigenvalue weighted by Gasteiger charge is 2.59. The molecule has 3 atom stereocenters. The Morgan fingerprint density at radius 2 is 1.79 bits per heavy atom. The number of nitrogens with one attached hydrogen (secondary N) is 1. The summed E-state index contributed by atoms with van der Waals surface area (Å²) in [5.41, 5.74) is 6.87. The highest BCUT2D eigenvalue weighted by atomic mass is 35.5. The van der Waals surface area contributed by atoms with Crippen molar-refractivity contribution in [3.63, 3.8) is 0 Å². The Hall–Kier alpha value is 0.500. The summed E-state index contributed by atoms with van der Waals surface area (Å²) in [4.78, 5) is 0. The molecule has 3 unspecified atom stereocenters. The Balaban J connectivity index is 0.000000490. The van der Waals surface area contributed by atoms with Gasteiger partial charge in [-0.05, 0) is 56.0 Å². The molecule has 3 fully saturated rings. The number of hydrogen-bond acceptors (Lipinski definition) is 2. The Bertz CT molecular complexity index is 204. The minimum atomic E-state index is 0. The standard InChI is InChI=1S/C10H18N2.2ClH/c11-9-8-5-7(8)6-10(9)1-3-12-4-2-10;;/h7-9,12H,1-6,11H2;2*1H. The topological polar surface area (TPSA) is 38.0 Å². The van der Waals surface area contributed by atoms with Crippen molar-refractivity contribution < 1.29 is 0 Å². The second kappa shape index (κ2) is 4.17. The summed E-state index contributed by atoms with van der Waals surface area (Å²) in [5, 5.41) is 3.43. The quantitative estimate of drug-likeness (QED) is 0.673. The third kappa shape index (κ3) is 1.67. The van der Waals surface area contributed by atoms with Gasteiger partial charge >= 0.3 is 0 Å². The number of halogens is 2. The summed E-state index contributed by atoms with van der Waals surface area (Å²) in [6.45, 7) is 2.40. The van der Waals surface area contributed by atoms with Crippen molar-refractivity contribution in [2.75, 3.05) is 13.1 Å². The van der Waals surface area contributed by atoms with E-state index in [-0.39, 0.29) is 24.8 Å². The van der Waals surface area contributed by atoms with E-state index in [1.807, 2.05) is 0 Å². The molecule has 4 heteroatoms. The first kappa shape index (κ1) is 12.6. The predicted octanol–water partition coefficient (Wildman–Crippen LogP) is 1.57. The van der Waals surface area contributed by atoms with Crippen LogP contribution < -0.4 is 11.1 Å². The lowest BCUT2D eigenvalue weighted by Gasteiger charge is -2.39. The summed E-state index contributed by atoms with van der Waals surface area (Å²) in [6, 6.07) is 0.546. The van der Waals surface area contributed by atoms with Crippen molar-refractivity contribution in [2.24, 2.45) is 23.0 Å². The monoisotopic (exact) mass is 238 g/mol. The number of piperidine rings is 1. The van der Waals surface area contributed by atoms with E-state index in [0.717, 1.165) is 11.8 Å². The van der Waals surface area contributed by atoms with Crippen LogP contribution >= 0.6 is 24.8 Å². The van der Waals surface area contributed by atoms with Gasteiger partial charge in [-0.3, -0.25) is 0 Å². The molecule has 1 saturated heterocycles. The van der Waals surface area contributed by atoms with Crippen LogP contribution in [0.4, 0.5) is 0 Å². The Labute approximate surface area is 98.2 Å². The van der Waals surface area contributed by atoms with Crippen molar-refractivity contribution in [3.8, 4) is 0 Å². The maximum absolute atomic E-state index is 6.30. The highest BCUT2D eigenvalue weighted by molar-refractivity contribution is 5.85. The van der Waals surface area contributed by atoms with Crippen LogP contribution in [-0.2, 0) is 0 Å². The van der Waals surface area contributed by atoms with Gasteiger partial charge in [0.15, 0.2) is 0 Å². The maximum atomic E-state index is 6.30. The molecule has 1 aliphatic heterocycles. The van der Waals surface area contributed by atoms with Gasteiger partial charge in [-0.25, -0.2) is 0 Å². The van der Waals surface area contributed by atoms with Crippen LogP contribution in [0.2, 0.25) is 0 Å². The first-order chi connectivity index (χ1) is 5.82. The Kier molecular flexibility index (Phi) is 3.74. The minimum Gasteiger partial charge on any atom is -0.327 e. The lowest BCUT2D eigenvalue weighted by molar-refractivity contribution is 0.160. The Morgan fingerprint density at radius 3 is 2.29 bits per heavy atom.